The number of halogens is 1. The van der Waals surface area contributed by atoms with Crippen molar-refractivity contribution < 1.29 is 9.53 Å². The summed E-state index contributed by atoms with van der Waals surface area (Å²) in [4.78, 5) is 11.0. The summed E-state index contributed by atoms with van der Waals surface area (Å²) in [5, 5.41) is 0. The lowest BCUT2D eigenvalue weighted by Gasteiger charge is -2.07. The summed E-state index contributed by atoms with van der Waals surface area (Å²) < 4.78 is 4.88. The molecule has 0 aliphatic heterocycles. The second kappa shape index (κ2) is 4.72. The first-order valence-electron chi connectivity index (χ1n) is 3.34. The Morgan fingerprint density at radius 2 is 2.00 bits per heavy atom. The number of carbonyl (C=O) groups is 1. The molecule has 0 aromatic carbocycles. The van der Waals surface area contributed by atoms with Crippen molar-refractivity contribution in [3.63, 3.8) is 0 Å². The second-order valence-electron chi connectivity index (χ2n) is 2.57. The summed E-state index contributed by atoms with van der Waals surface area (Å²) >= 11 is 3.27. The molecule has 0 heterocycles. The summed E-state index contributed by atoms with van der Waals surface area (Å²) in [5.74, 6) is -0.155. The molecule has 0 aromatic heterocycles. The molecule has 0 saturated carbocycles. The van der Waals surface area contributed by atoms with Crippen molar-refractivity contribution >= 4 is 21.9 Å². The van der Waals surface area contributed by atoms with Crippen LogP contribution in [0.4, 0.5) is 0 Å². The fraction of sp³-hybridized carbons (Fsp3) is 0.857. The van der Waals surface area contributed by atoms with Crippen LogP contribution in [0, 0.1) is 5.92 Å². The molecule has 0 bridgehead atoms. The Kier molecular flexibility index (Phi) is 4.69. The van der Waals surface area contributed by atoms with Gasteiger partial charge in [-0.15, -0.1) is 0 Å². The first-order valence-corrected chi connectivity index (χ1v) is 4.26. The lowest BCUT2D eigenvalue weighted by molar-refractivity contribution is -0.147. The maximum atomic E-state index is 10.8. The van der Waals surface area contributed by atoms with Gasteiger partial charge < -0.3 is 4.74 Å². The fourth-order valence-electron chi connectivity index (χ4n) is 0.364. The van der Waals surface area contributed by atoms with Crippen molar-refractivity contribution in [1.82, 2.24) is 0 Å². The van der Waals surface area contributed by atoms with Crippen molar-refractivity contribution in [2.45, 2.75) is 25.6 Å². The summed E-state index contributed by atoms with van der Waals surface area (Å²) in [6.45, 7) is 6.03. The Morgan fingerprint density at radius 1 is 1.50 bits per heavy atom. The number of hydrogen-bond donors (Lipinski definition) is 0. The first kappa shape index (κ1) is 9.95. The zero-order valence-electron chi connectivity index (χ0n) is 6.56. The normalized spacial score (nSPS) is 13.3. The van der Waals surface area contributed by atoms with Crippen LogP contribution in [0.5, 0.6) is 0 Å². The van der Waals surface area contributed by atoms with E-state index in [1.54, 1.807) is 0 Å². The smallest absolute Gasteiger partial charge is 0.308 e. The SMILES string of the molecule is CC(Br)COC(=O)C(C)C. The predicted octanol–water partition coefficient (Wildman–Crippen LogP) is 1.97. The van der Waals surface area contributed by atoms with Gasteiger partial charge in [-0.1, -0.05) is 29.8 Å². The number of ether oxygens (including phenoxy) is 1. The maximum Gasteiger partial charge on any atom is 0.308 e. The highest BCUT2D eigenvalue weighted by Gasteiger charge is 2.08. The number of carbonyl (C=O) groups excluding carboxylic acids is 1. The molecule has 0 fully saturated rings. The van der Waals surface area contributed by atoms with E-state index < -0.39 is 0 Å². The minimum atomic E-state index is -0.133. The Labute approximate surface area is 70.1 Å². The van der Waals surface area contributed by atoms with Crippen LogP contribution in [-0.2, 0) is 9.53 Å². The monoisotopic (exact) mass is 208 g/mol. The zero-order chi connectivity index (χ0) is 8.15. The van der Waals surface area contributed by atoms with Crippen LogP contribution < -0.4 is 0 Å². The molecule has 0 aliphatic rings. The molecule has 0 spiro atoms. The zero-order valence-corrected chi connectivity index (χ0v) is 8.14. The quantitative estimate of drug-likeness (QED) is 0.524. The third-order valence-electron chi connectivity index (χ3n) is 0.927. The molecule has 0 aromatic rings. The predicted molar refractivity (Wildman–Crippen MR) is 44.2 cm³/mol. The van der Waals surface area contributed by atoms with Gasteiger partial charge in [0.15, 0.2) is 0 Å². The van der Waals surface area contributed by atoms with Gasteiger partial charge in [0.25, 0.3) is 0 Å². The molecular formula is C7H13BrO2. The molecule has 0 N–H and O–H groups in total. The third-order valence-corrected chi connectivity index (χ3v) is 1.19. The van der Waals surface area contributed by atoms with Crippen molar-refractivity contribution in [1.29, 1.82) is 0 Å². The van der Waals surface area contributed by atoms with Crippen LogP contribution in [0.2, 0.25) is 0 Å². The Hall–Kier alpha value is -0.0500. The van der Waals surface area contributed by atoms with E-state index in [1.807, 2.05) is 20.8 Å². The Morgan fingerprint density at radius 3 is 2.30 bits per heavy atom. The number of esters is 1. The van der Waals surface area contributed by atoms with Crippen LogP contribution in [0.25, 0.3) is 0 Å². The summed E-state index contributed by atoms with van der Waals surface area (Å²) in [7, 11) is 0. The van der Waals surface area contributed by atoms with Gasteiger partial charge in [-0.05, 0) is 6.92 Å². The van der Waals surface area contributed by atoms with E-state index in [-0.39, 0.29) is 16.7 Å². The molecular weight excluding hydrogens is 196 g/mol. The summed E-state index contributed by atoms with van der Waals surface area (Å²) in [6.07, 6.45) is 0. The fourth-order valence-corrected chi connectivity index (χ4v) is 0.496. The summed E-state index contributed by atoms with van der Waals surface area (Å²) in [5.41, 5.74) is 0. The van der Waals surface area contributed by atoms with Crippen molar-refractivity contribution in [2.75, 3.05) is 6.61 Å². The molecule has 0 aliphatic carbocycles. The van der Waals surface area contributed by atoms with Crippen molar-refractivity contribution in [3.8, 4) is 0 Å². The van der Waals surface area contributed by atoms with Crippen molar-refractivity contribution in [3.05, 3.63) is 0 Å². The lowest BCUT2D eigenvalue weighted by atomic mass is 10.2. The lowest BCUT2D eigenvalue weighted by Crippen LogP contribution is -2.15. The van der Waals surface area contributed by atoms with Gasteiger partial charge in [0.1, 0.15) is 6.61 Å². The third kappa shape index (κ3) is 4.79. The van der Waals surface area contributed by atoms with E-state index in [0.29, 0.717) is 6.61 Å². The average molecular weight is 209 g/mol. The standard InChI is InChI=1S/C7H13BrO2/c1-5(2)7(9)10-4-6(3)8/h5-6H,4H2,1-3H3. The molecule has 0 saturated heterocycles. The van der Waals surface area contributed by atoms with E-state index in [4.69, 9.17) is 4.74 Å². The van der Waals surface area contributed by atoms with Crippen LogP contribution >= 0.6 is 15.9 Å². The Bertz CT molecular complexity index is 110. The Balaban J connectivity index is 3.40. The van der Waals surface area contributed by atoms with Crippen LogP contribution in [0.1, 0.15) is 20.8 Å². The van der Waals surface area contributed by atoms with Gasteiger partial charge in [0.05, 0.1) is 5.92 Å². The molecule has 3 heteroatoms. The van der Waals surface area contributed by atoms with E-state index >= 15 is 0 Å². The molecule has 2 nitrogen and oxygen atoms in total. The van der Waals surface area contributed by atoms with Crippen LogP contribution in [0.3, 0.4) is 0 Å². The van der Waals surface area contributed by atoms with Gasteiger partial charge in [0.2, 0.25) is 0 Å². The van der Waals surface area contributed by atoms with Crippen molar-refractivity contribution in [2.24, 2.45) is 5.92 Å². The van der Waals surface area contributed by atoms with E-state index in [1.165, 1.54) is 0 Å². The minimum Gasteiger partial charge on any atom is -0.464 e. The molecule has 0 rings (SSSR count). The minimum absolute atomic E-state index is 0.0220. The van der Waals surface area contributed by atoms with Gasteiger partial charge in [-0.3, -0.25) is 4.79 Å². The highest BCUT2D eigenvalue weighted by Crippen LogP contribution is 2.01. The average Bonchev–Trinajstić information content (AvgIpc) is 1.82. The largest absolute Gasteiger partial charge is 0.464 e. The second-order valence-corrected chi connectivity index (χ2v) is 4.13. The molecule has 1 unspecified atom stereocenters. The van der Waals surface area contributed by atoms with E-state index in [2.05, 4.69) is 15.9 Å². The molecule has 10 heavy (non-hydrogen) atoms. The number of hydrogen-bond acceptors (Lipinski definition) is 2. The number of alkyl halides is 1. The van der Waals surface area contributed by atoms with E-state index in [9.17, 15) is 4.79 Å². The highest BCUT2D eigenvalue weighted by atomic mass is 79.9. The van der Waals surface area contributed by atoms with Gasteiger partial charge in [-0.2, -0.15) is 0 Å². The molecule has 0 amide bonds. The molecule has 0 radical (unpaired) electrons. The maximum absolute atomic E-state index is 10.8. The molecule has 60 valence electrons. The number of rotatable bonds is 3. The topological polar surface area (TPSA) is 26.3 Å². The highest BCUT2D eigenvalue weighted by molar-refractivity contribution is 9.09. The van der Waals surface area contributed by atoms with E-state index in [0.717, 1.165) is 0 Å². The first-order chi connectivity index (χ1) is 4.54. The van der Waals surface area contributed by atoms with Crippen LogP contribution in [-0.4, -0.2) is 17.4 Å². The molecule has 1 atom stereocenters. The van der Waals surface area contributed by atoms with Crippen LogP contribution in [0.15, 0.2) is 0 Å². The van der Waals surface area contributed by atoms with Gasteiger partial charge >= 0.3 is 5.97 Å². The van der Waals surface area contributed by atoms with Gasteiger partial charge in [0, 0.05) is 4.83 Å². The van der Waals surface area contributed by atoms with Gasteiger partial charge in [-0.25, -0.2) is 0 Å². The summed E-state index contributed by atoms with van der Waals surface area (Å²) in [6, 6.07) is 0.